The summed E-state index contributed by atoms with van der Waals surface area (Å²) in [4.78, 5) is 18.4. The van der Waals surface area contributed by atoms with Gasteiger partial charge in [-0.1, -0.05) is 11.6 Å². The van der Waals surface area contributed by atoms with Crippen molar-refractivity contribution in [2.45, 2.75) is 6.04 Å². The van der Waals surface area contributed by atoms with Gasteiger partial charge in [-0.25, -0.2) is 9.78 Å². The predicted molar refractivity (Wildman–Crippen MR) is 54.0 cm³/mol. The van der Waals surface area contributed by atoms with E-state index in [1.807, 2.05) is 0 Å². The molecular formula is C8H10ClN3O3. The number of methoxy groups -OCH3 is 1. The molecule has 82 valence electrons. The van der Waals surface area contributed by atoms with Crippen molar-refractivity contribution in [3.05, 3.63) is 17.5 Å². The average Bonchev–Trinajstić information content (AvgIpc) is 2.17. The molecule has 0 spiro atoms. The second kappa shape index (κ2) is 5.47. The molecule has 0 bridgehead atoms. The van der Waals surface area contributed by atoms with Gasteiger partial charge in [-0.05, 0) is 0 Å². The number of ether oxygens (including phenoxy) is 1. The van der Waals surface area contributed by atoms with Crippen molar-refractivity contribution in [2.24, 2.45) is 0 Å². The van der Waals surface area contributed by atoms with Crippen molar-refractivity contribution in [2.75, 3.05) is 19.0 Å². The third-order valence-corrected chi connectivity index (χ3v) is 1.74. The Kier molecular flexibility index (Phi) is 4.26. The van der Waals surface area contributed by atoms with Crippen LogP contribution in [0.4, 0.5) is 5.82 Å². The molecule has 1 aromatic rings. The lowest BCUT2D eigenvalue weighted by Crippen LogP contribution is -2.33. The fourth-order valence-electron chi connectivity index (χ4n) is 0.932. The summed E-state index contributed by atoms with van der Waals surface area (Å²) in [5, 5.41) is 11.6. The molecule has 1 rings (SSSR count). The highest BCUT2D eigenvalue weighted by Gasteiger charge is 2.17. The second-order valence-electron chi connectivity index (χ2n) is 2.72. The molecule has 0 aliphatic rings. The number of halogens is 1. The van der Waals surface area contributed by atoms with Gasteiger partial charge in [-0.2, -0.15) is 0 Å². The molecule has 1 unspecified atom stereocenters. The van der Waals surface area contributed by atoms with Crippen LogP contribution < -0.4 is 5.32 Å². The predicted octanol–water partition coefficient (Wildman–Crippen LogP) is 0.641. The Morgan fingerprint density at radius 2 is 2.47 bits per heavy atom. The van der Waals surface area contributed by atoms with Crippen LogP contribution >= 0.6 is 11.6 Å². The lowest BCUT2D eigenvalue weighted by molar-refractivity contribution is -0.139. The summed E-state index contributed by atoms with van der Waals surface area (Å²) in [6.07, 6.45) is 2.75. The highest BCUT2D eigenvalue weighted by Crippen LogP contribution is 2.08. The molecule has 7 heteroatoms. The molecule has 6 nitrogen and oxygen atoms in total. The fourth-order valence-corrected chi connectivity index (χ4v) is 1.08. The van der Waals surface area contributed by atoms with Crippen LogP contribution in [0.15, 0.2) is 12.4 Å². The number of carbonyl (C=O) groups is 1. The Morgan fingerprint density at radius 1 is 1.73 bits per heavy atom. The van der Waals surface area contributed by atoms with Crippen molar-refractivity contribution in [1.82, 2.24) is 9.97 Å². The van der Waals surface area contributed by atoms with Gasteiger partial charge >= 0.3 is 5.97 Å². The van der Waals surface area contributed by atoms with Gasteiger partial charge in [0, 0.05) is 7.11 Å². The molecule has 1 heterocycles. The summed E-state index contributed by atoms with van der Waals surface area (Å²) in [6, 6.07) is -0.872. The molecule has 0 radical (unpaired) electrons. The number of nitrogens with one attached hydrogen (secondary N) is 1. The zero-order valence-corrected chi connectivity index (χ0v) is 8.73. The number of rotatable bonds is 5. The van der Waals surface area contributed by atoms with Gasteiger partial charge in [0.05, 0.1) is 19.0 Å². The van der Waals surface area contributed by atoms with E-state index in [4.69, 9.17) is 21.4 Å². The number of nitrogens with zero attached hydrogens (tertiary/aromatic N) is 2. The Bertz CT molecular complexity index is 348. The molecule has 0 fully saturated rings. The maximum Gasteiger partial charge on any atom is 0.328 e. The normalized spacial score (nSPS) is 12.1. The van der Waals surface area contributed by atoms with E-state index in [2.05, 4.69) is 15.3 Å². The van der Waals surface area contributed by atoms with E-state index in [-0.39, 0.29) is 11.8 Å². The van der Waals surface area contributed by atoms with Gasteiger partial charge in [0.1, 0.15) is 17.0 Å². The maximum atomic E-state index is 10.8. The zero-order valence-electron chi connectivity index (χ0n) is 7.98. The van der Waals surface area contributed by atoms with E-state index < -0.39 is 12.0 Å². The number of hydrogen-bond donors (Lipinski definition) is 2. The van der Waals surface area contributed by atoms with Crippen molar-refractivity contribution in [3.8, 4) is 0 Å². The number of carboxylic acids is 1. The minimum absolute atomic E-state index is 0.0313. The lowest BCUT2D eigenvalue weighted by Gasteiger charge is -2.13. The molecule has 0 aliphatic carbocycles. The first-order chi connectivity index (χ1) is 7.13. The summed E-state index contributed by atoms with van der Waals surface area (Å²) < 4.78 is 4.74. The maximum absolute atomic E-state index is 10.8. The quantitative estimate of drug-likeness (QED) is 0.774. The van der Waals surface area contributed by atoms with Crippen LogP contribution in [-0.2, 0) is 9.53 Å². The first-order valence-electron chi connectivity index (χ1n) is 4.09. The van der Waals surface area contributed by atoms with Crippen LogP contribution in [0, 0.1) is 0 Å². The van der Waals surface area contributed by atoms with Crippen molar-refractivity contribution in [3.63, 3.8) is 0 Å². The van der Waals surface area contributed by atoms with Crippen LogP contribution in [0.25, 0.3) is 0 Å². The van der Waals surface area contributed by atoms with Gasteiger partial charge in [-0.15, -0.1) is 0 Å². The molecule has 0 saturated heterocycles. The smallest absolute Gasteiger partial charge is 0.328 e. The van der Waals surface area contributed by atoms with Gasteiger partial charge < -0.3 is 15.2 Å². The monoisotopic (exact) mass is 231 g/mol. The number of aliphatic carboxylic acids is 1. The standard InChI is InChI=1S/C8H10ClN3O3/c1-15-4-5(8(13)14)11-7-3-10-2-6(9)12-7/h2-3,5H,4H2,1H3,(H,11,12)(H,13,14). The molecule has 0 aliphatic heterocycles. The minimum atomic E-state index is -1.03. The number of anilines is 1. The molecule has 0 saturated carbocycles. The summed E-state index contributed by atoms with van der Waals surface area (Å²) in [5.74, 6) is -0.731. The fraction of sp³-hybridized carbons (Fsp3) is 0.375. The van der Waals surface area contributed by atoms with Crippen LogP contribution in [0.5, 0.6) is 0 Å². The SMILES string of the molecule is COCC(Nc1cncc(Cl)n1)C(=O)O. The van der Waals surface area contributed by atoms with E-state index in [0.29, 0.717) is 5.82 Å². The minimum Gasteiger partial charge on any atom is -0.480 e. The molecule has 2 N–H and O–H groups in total. The van der Waals surface area contributed by atoms with E-state index in [9.17, 15) is 4.79 Å². The topological polar surface area (TPSA) is 84.3 Å². The largest absolute Gasteiger partial charge is 0.480 e. The van der Waals surface area contributed by atoms with Crippen LogP contribution in [0.2, 0.25) is 5.15 Å². The summed E-state index contributed by atoms with van der Waals surface area (Å²) in [7, 11) is 1.42. The molecule has 1 aromatic heterocycles. The van der Waals surface area contributed by atoms with Gasteiger partial charge in [0.15, 0.2) is 0 Å². The first-order valence-corrected chi connectivity index (χ1v) is 4.47. The molecule has 0 amide bonds. The van der Waals surface area contributed by atoms with Crippen molar-refractivity contribution < 1.29 is 14.6 Å². The Morgan fingerprint density at radius 3 is 3.00 bits per heavy atom. The van der Waals surface area contributed by atoms with Gasteiger partial charge in [0.2, 0.25) is 0 Å². The van der Waals surface area contributed by atoms with Crippen LogP contribution in [0.3, 0.4) is 0 Å². The van der Waals surface area contributed by atoms with Crippen LogP contribution in [-0.4, -0.2) is 40.8 Å². The highest BCUT2D eigenvalue weighted by atomic mass is 35.5. The Balaban J connectivity index is 2.69. The third-order valence-electron chi connectivity index (χ3n) is 1.56. The summed E-state index contributed by atoms with van der Waals surface area (Å²) in [5.41, 5.74) is 0. The number of hydrogen-bond acceptors (Lipinski definition) is 5. The molecule has 0 aromatic carbocycles. The Hall–Kier alpha value is -1.40. The second-order valence-corrected chi connectivity index (χ2v) is 3.10. The van der Waals surface area contributed by atoms with Crippen molar-refractivity contribution >= 4 is 23.4 Å². The highest BCUT2D eigenvalue weighted by molar-refractivity contribution is 6.29. The molecular weight excluding hydrogens is 222 g/mol. The van der Waals surface area contributed by atoms with E-state index in [0.717, 1.165) is 0 Å². The number of aromatic nitrogens is 2. The van der Waals surface area contributed by atoms with E-state index >= 15 is 0 Å². The Labute approximate surface area is 91.3 Å². The van der Waals surface area contributed by atoms with Gasteiger partial charge in [0.25, 0.3) is 0 Å². The lowest BCUT2D eigenvalue weighted by atomic mass is 10.3. The third kappa shape index (κ3) is 3.69. The molecule has 15 heavy (non-hydrogen) atoms. The van der Waals surface area contributed by atoms with Crippen molar-refractivity contribution in [1.29, 1.82) is 0 Å². The van der Waals surface area contributed by atoms with Gasteiger partial charge in [-0.3, -0.25) is 4.98 Å². The molecule has 1 atom stereocenters. The summed E-state index contributed by atoms with van der Waals surface area (Å²) >= 11 is 5.59. The average molecular weight is 232 g/mol. The zero-order chi connectivity index (χ0) is 11.3. The van der Waals surface area contributed by atoms with E-state index in [1.165, 1.54) is 19.5 Å². The van der Waals surface area contributed by atoms with E-state index in [1.54, 1.807) is 0 Å². The number of carboxylic acid groups (broad SMARTS) is 1. The first kappa shape index (κ1) is 11.7. The summed E-state index contributed by atoms with van der Waals surface area (Å²) in [6.45, 7) is 0.0313. The van der Waals surface area contributed by atoms with Crippen LogP contribution in [0.1, 0.15) is 0 Å².